The van der Waals surface area contributed by atoms with Crippen molar-refractivity contribution in [1.29, 1.82) is 0 Å². The zero-order chi connectivity index (χ0) is 18.4. The lowest BCUT2D eigenvalue weighted by Gasteiger charge is -2.10. The van der Waals surface area contributed by atoms with Gasteiger partial charge < -0.3 is 5.32 Å². The van der Waals surface area contributed by atoms with Crippen LogP contribution in [0.5, 0.6) is 0 Å². The molecule has 3 rings (SSSR count). The van der Waals surface area contributed by atoms with Gasteiger partial charge in [-0.2, -0.15) is 0 Å². The average Bonchev–Trinajstić information content (AvgIpc) is 3.16. The molecule has 0 unspecified atom stereocenters. The summed E-state index contributed by atoms with van der Waals surface area (Å²) in [5.74, 6) is 1.36. The Morgan fingerprint density at radius 3 is 2.62 bits per heavy atom. The highest BCUT2D eigenvalue weighted by atomic mass is 32.2. The lowest BCUT2D eigenvalue weighted by atomic mass is 9.99. The fourth-order valence-corrected chi connectivity index (χ4v) is 3.01. The maximum atomic E-state index is 12.1. The smallest absolute Gasteiger partial charge is 0.234 e. The van der Waals surface area contributed by atoms with Crippen molar-refractivity contribution in [1.82, 2.24) is 20.2 Å². The van der Waals surface area contributed by atoms with Crippen LogP contribution in [0.25, 0.3) is 11.4 Å². The summed E-state index contributed by atoms with van der Waals surface area (Å²) in [6.07, 6.45) is 4.50. The number of H-pyrrole nitrogens is 1. The predicted octanol–water partition coefficient (Wildman–Crippen LogP) is 4.11. The molecule has 0 aliphatic carbocycles. The van der Waals surface area contributed by atoms with Gasteiger partial charge in [0.2, 0.25) is 11.1 Å². The molecule has 134 valence electrons. The molecule has 3 aromatic rings. The van der Waals surface area contributed by atoms with E-state index in [4.69, 9.17) is 0 Å². The number of amides is 1. The molecule has 0 spiro atoms. The van der Waals surface area contributed by atoms with Gasteiger partial charge in [-0.05, 0) is 42.2 Å². The number of aromatic amines is 1. The van der Waals surface area contributed by atoms with Crippen LogP contribution in [0.3, 0.4) is 0 Å². The van der Waals surface area contributed by atoms with Crippen molar-refractivity contribution in [2.45, 2.75) is 31.3 Å². The minimum Gasteiger partial charge on any atom is -0.325 e. The molecule has 0 saturated carbocycles. The van der Waals surface area contributed by atoms with Crippen molar-refractivity contribution in [3.05, 3.63) is 54.4 Å². The van der Waals surface area contributed by atoms with Gasteiger partial charge in [-0.25, -0.2) is 4.98 Å². The van der Waals surface area contributed by atoms with Gasteiger partial charge in [0.15, 0.2) is 5.82 Å². The molecule has 1 atom stereocenters. The number of anilines is 1. The third kappa shape index (κ3) is 4.70. The van der Waals surface area contributed by atoms with E-state index in [0.717, 1.165) is 17.7 Å². The molecule has 0 radical (unpaired) electrons. The number of carbonyl (C=O) groups is 1. The maximum absolute atomic E-state index is 12.1. The number of nitrogens with one attached hydrogen (secondary N) is 2. The highest BCUT2D eigenvalue weighted by Gasteiger charge is 2.10. The van der Waals surface area contributed by atoms with Crippen LogP contribution in [-0.2, 0) is 4.79 Å². The first kappa shape index (κ1) is 18.1. The van der Waals surface area contributed by atoms with Gasteiger partial charge in [0.25, 0.3) is 0 Å². The summed E-state index contributed by atoms with van der Waals surface area (Å²) in [7, 11) is 0. The number of rotatable bonds is 7. The minimum absolute atomic E-state index is 0.0819. The quantitative estimate of drug-likeness (QED) is 0.614. The minimum atomic E-state index is -0.0819. The second-order valence-corrected chi connectivity index (χ2v) is 6.91. The van der Waals surface area contributed by atoms with Crippen molar-refractivity contribution in [2.75, 3.05) is 11.1 Å². The normalized spacial score (nSPS) is 11.9. The number of hydrogen-bond acceptors (Lipinski definition) is 5. The molecule has 2 heterocycles. The third-order valence-electron chi connectivity index (χ3n) is 4.13. The Morgan fingerprint density at radius 2 is 1.92 bits per heavy atom. The van der Waals surface area contributed by atoms with Gasteiger partial charge in [-0.1, -0.05) is 37.7 Å². The first-order valence-corrected chi connectivity index (χ1v) is 9.49. The van der Waals surface area contributed by atoms with Crippen LogP contribution in [0.2, 0.25) is 0 Å². The fourth-order valence-electron chi connectivity index (χ4n) is 2.41. The van der Waals surface area contributed by atoms with E-state index in [-0.39, 0.29) is 11.7 Å². The van der Waals surface area contributed by atoms with Crippen LogP contribution in [0.4, 0.5) is 5.69 Å². The first-order chi connectivity index (χ1) is 12.7. The van der Waals surface area contributed by atoms with E-state index in [2.05, 4.69) is 51.5 Å². The average molecular weight is 367 g/mol. The lowest BCUT2D eigenvalue weighted by Crippen LogP contribution is -2.14. The van der Waals surface area contributed by atoms with E-state index in [9.17, 15) is 4.79 Å². The topological polar surface area (TPSA) is 83.6 Å². The highest BCUT2D eigenvalue weighted by molar-refractivity contribution is 7.99. The Bertz CT molecular complexity index is 848. The molecule has 0 aliphatic rings. The van der Waals surface area contributed by atoms with Gasteiger partial charge in [-0.15, -0.1) is 5.10 Å². The Labute approximate surface area is 156 Å². The lowest BCUT2D eigenvalue weighted by molar-refractivity contribution is -0.113. The number of aromatic nitrogens is 4. The van der Waals surface area contributed by atoms with E-state index < -0.39 is 0 Å². The van der Waals surface area contributed by atoms with Crippen LogP contribution in [0, 0.1) is 0 Å². The summed E-state index contributed by atoms with van der Waals surface area (Å²) in [5, 5.41) is 10.5. The summed E-state index contributed by atoms with van der Waals surface area (Å²) in [6.45, 7) is 4.36. The highest BCUT2D eigenvalue weighted by Crippen LogP contribution is 2.21. The van der Waals surface area contributed by atoms with E-state index in [1.54, 1.807) is 12.4 Å². The van der Waals surface area contributed by atoms with Crippen molar-refractivity contribution < 1.29 is 4.79 Å². The van der Waals surface area contributed by atoms with Crippen LogP contribution in [0.1, 0.15) is 31.7 Å². The Morgan fingerprint density at radius 1 is 1.19 bits per heavy atom. The van der Waals surface area contributed by atoms with Gasteiger partial charge >= 0.3 is 0 Å². The summed E-state index contributed by atoms with van der Waals surface area (Å²) >= 11 is 1.29. The van der Waals surface area contributed by atoms with Crippen molar-refractivity contribution in [2.24, 2.45) is 0 Å². The summed E-state index contributed by atoms with van der Waals surface area (Å²) in [4.78, 5) is 20.5. The number of hydrogen-bond donors (Lipinski definition) is 2. The van der Waals surface area contributed by atoms with E-state index >= 15 is 0 Å². The monoisotopic (exact) mass is 367 g/mol. The summed E-state index contributed by atoms with van der Waals surface area (Å²) in [6, 6.07) is 11.7. The zero-order valence-electron chi connectivity index (χ0n) is 14.8. The molecule has 0 fully saturated rings. The van der Waals surface area contributed by atoms with E-state index in [1.165, 1.54) is 17.3 Å². The van der Waals surface area contributed by atoms with Gasteiger partial charge in [0.1, 0.15) is 0 Å². The van der Waals surface area contributed by atoms with E-state index in [0.29, 0.717) is 16.9 Å². The van der Waals surface area contributed by atoms with Crippen LogP contribution in [-0.4, -0.2) is 31.8 Å². The molecule has 2 N–H and O–H groups in total. The fraction of sp³-hybridized carbons (Fsp3) is 0.263. The van der Waals surface area contributed by atoms with Gasteiger partial charge in [-0.3, -0.25) is 14.9 Å². The largest absolute Gasteiger partial charge is 0.325 e. The summed E-state index contributed by atoms with van der Waals surface area (Å²) in [5.41, 5.74) is 2.99. The third-order valence-corrected chi connectivity index (χ3v) is 4.97. The number of pyridine rings is 1. The van der Waals surface area contributed by atoms with Crippen molar-refractivity contribution in [3.63, 3.8) is 0 Å². The summed E-state index contributed by atoms with van der Waals surface area (Å²) < 4.78 is 0. The number of carbonyl (C=O) groups excluding carboxylic acids is 1. The van der Waals surface area contributed by atoms with Crippen LogP contribution >= 0.6 is 11.8 Å². The van der Waals surface area contributed by atoms with Gasteiger partial charge in [0, 0.05) is 23.6 Å². The van der Waals surface area contributed by atoms with E-state index in [1.807, 2.05) is 24.3 Å². The van der Waals surface area contributed by atoms with Gasteiger partial charge in [0.05, 0.1) is 5.75 Å². The number of thioether (sulfide) groups is 1. The van der Waals surface area contributed by atoms with Crippen LogP contribution in [0.15, 0.2) is 53.9 Å². The maximum Gasteiger partial charge on any atom is 0.234 e. The Hall–Kier alpha value is -2.67. The standard InChI is InChI=1S/C19H21N5OS/c1-3-13(2)14-4-6-16(7-5-14)21-17(25)12-26-19-22-18(23-24-19)15-8-10-20-11-9-15/h4-11,13H,3,12H2,1-2H3,(H,21,25)(H,22,23,24)/t13-/m0/s1. The van der Waals surface area contributed by atoms with Crippen molar-refractivity contribution >= 4 is 23.4 Å². The molecular weight excluding hydrogens is 346 g/mol. The first-order valence-electron chi connectivity index (χ1n) is 8.51. The second-order valence-electron chi connectivity index (χ2n) is 5.97. The SMILES string of the molecule is CC[C@H](C)c1ccc(NC(=O)CSc2n[nH]c(-c3ccncc3)n2)cc1. The zero-order valence-corrected chi connectivity index (χ0v) is 15.6. The molecule has 1 aromatic carbocycles. The Balaban J connectivity index is 1.52. The number of nitrogens with zero attached hydrogens (tertiary/aromatic N) is 3. The molecule has 0 saturated heterocycles. The van der Waals surface area contributed by atoms with Crippen LogP contribution < -0.4 is 5.32 Å². The van der Waals surface area contributed by atoms with Crippen molar-refractivity contribution in [3.8, 4) is 11.4 Å². The molecule has 7 heteroatoms. The predicted molar refractivity (Wildman–Crippen MR) is 104 cm³/mol. The molecule has 2 aromatic heterocycles. The molecule has 0 bridgehead atoms. The molecule has 0 aliphatic heterocycles. The molecule has 6 nitrogen and oxygen atoms in total. The second kappa shape index (κ2) is 8.62. The molecule has 1 amide bonds. The molecule has 26 heavy (non-hydrogen) atoms. The molecular formula is C19H21N5OS. The number of benzene rings is 1. The Kier molecular flexibility index (Phi) is 6.01.